The third-order valence-electron chi connectivity index (χ3n) is 2.71. The first-order valence-electron chi connectivity index (χ1n) is 6.06. The molecule has 0 saturated heterocycles. The molecule has 2 aromatic rings. The van der Waals surface area contributed by atoms with Gasteiger partial charge in [0, 0.05) is 18.0 Å². The van der Waals surface area contributed by atoms with E-state index in [1.165, 1.54) is 12.3 Å². The standard InChI is InChI=1S/C13H14ClN3O3/c1-9(2)16-8-11(7-15-16)20-13-4-3-10(6-14)5-12(13)17(18)19/h3-5,7-9H,6H2,1-2H3. The van der Waals surface area contributed by atoms with Gasteiger partial charge in [-0.1, -0.05) is 6.07 Å². The molecule has 0 aliphatic heterocycles. The first-order valence-corrected chi connectivity index (χ1v) is 6.60. The van der Waals surface area contributed by atoms with Crippen molar-refractivity contribution < 1.29 is 9.66 Å². The highest BCUT2D eigenvalue weighted by atomic mass is 35.5. The third kappa shape index (κ3) is 3.08. The van der Waals surface area contributed by atoms with Crippen LogP contribution in [0, 0.1) is 10.1 Å². The molecule has 0 radical (unpaired) electrons. The fourth-order valence-electron chi connectivity index (χ4n) is 1.66. The number of nitro benzene ring substituents is 1. The van der Waals surface area contributed by atoms with Crippen molar-refractivity contribution in [3.8, 4) is 11.5 Å². The SMILES string of the molecule is CC(C)n1cc(Oc2ccc(CCl)cc2[N+](=O)[O-])cn1. The lowest BCUT2D eigenvalue weighted by Gasteiger charge is -2.06. The van der Waals surface area contributed by atoms with Crippen molar-refractivity contribution in [2.45, 2.75) is 25.8 Å². The summed E-state index contributed by atoms with van der Waals surface area (Å²) >= 11 is 5.68. The number of halogens is 1. The number of hydrogen-bond donors (Lipinski definition) is 0. The smallest absolute Gasteiger partial charge is 0.311 e. The van der Waals surface area contributed by atoms with E-state index in [4.69, 9.17) is 16.3 Å². The number of aromatic nitrogens is 2. The van der Waals surface area contributed by atoms with Gasteiger partial charge in [-0.2, -0.15) is 5.10 Å². The lowest BCUT2D eigenvalue weighted by Crippen LogP contribution is -1.99. The second-order valence-corrected chi connectivity index (χ2v) is 4.81. The molecule has 0 N–H and O–H groups in total. The van der Waals surface area contributed by atoms with E-state index in [9.17, 15) is 10.1 Å². The summed E-state index contributed by atoms with van der Waals surface area (Å²) in [5.41, 5.74) is 0.559. The molecular weight excluding hydrogens is 282 g/mol. The normalized spacial score (nSPS) is 10.8. The lowest BCUT2D eigenvalue weighted by atomic mass is 10.2. The number of alkyl halides is 1. The number of ether oxygens (including phenoxy) is 1. The Kier molecular flexibility index (Phi) is 4.24. The monoisotopic (exact) mass is 295 g/mol. The highest BCUT2D eigenvalue weighted by Gasteiger charge is 2.17. The Labute approximate surface area is 121 Å². The number of nitrogens with zero attached hydrogens (tertiary/aromatic N) is 3. The fourth-order valence-corrected chi connectivity index (χ4v) is 1.82. The second-order valence-electron chi connectivity index (χ2n) is 4.54. The first kappa shape index (κ1) is 14.3. The summed E-state index contributed by atoms with van der Waals surface area (Å²) in [6, 6.07) is 4.85. The van der Waals surface area contributed by atoms with Crippen molar-refractivity contribution in [3.63, 3.8) is 0 Å². The quantitative estimate of drug-likeness (QED) is 0.476. The van der Waals surface area contributed by atoms with Crippen molar-refractivity contribution >= 4 is 17.3 Å². The molecule has 7 heteroatoms. The molecule has 2 rings (SSSR count). The van der Waals surface area contributed by atoms with Crippen LogP contribution in [0.15, 0.2) is 30.6 Å². The van der Waals surface area contributed by atoms with E-state index >= 15 is 0 Å². The highest BCUT2D eigenvalue weighted by molar-refractivity contribution is 6.17. The number of benzene rings is 1. The van der Waals surface area contributed by atoms with E-state index in [-0.39, 0.29) is 23.4 Å². The van der Waals surface area contributed by atoms with Gasteiger partial charge in [-0.05, 0) is 25.5 Å². The van der Waals surface area contributed by atoms with Crippen molar-refractivity contribution in [3.05, 3.63) is 46.3 Å². The average molecular weight is 296 g/mol. The molecule has 0 aliphatic rings. The molecule has 0 amide bonds. The van der Waals surface area contributed by atoms with Crippen LogP contribution in [0.4, 0.5) is 5.69 Å². The Morgan fingerprint density at radius 2 is 2.25 bits per heavy atom. The molecule has 1 aromatic carbocycles. The van der Waals surface area contributed by atoms with Crippen LogP contribution in [-0.2, 0) is 5.88 Å². The van der Waals surface area contributed by atoms with Crippen molar-refractivity contribution in [2.75, 3.05) is 0 Å². The van der Waals surface area contributed by atoms with Crippen LogP contribution in [0.1, 0.15) is 25.5 Å². The highest BCUT2D eigenvalue weighted by Crippen LogP contribution is 2.32. The van der Waals surface area contributed by atoms with Crippen molar-refractivity contribution in [2.24, 2.45) is 0 Å². The molecule has 0 atom stereocenters. The van der Waals surface area contributed by atoms with Gasteiger partial charge in [0.05, 0.1) is 17.3 Å². The van der Waals surface area contributed by atoms with Crippen LogP contribution in [0.2, 0.25) is 0 Å². The molecule has 106 valence electrons. The lowest BCUT2D eigenvalue weighted by molar-refractivity contribution is -0.385. The summed E-state index contributed by atoms with van der Waals surface area (Å²) in [5.74, 6) is 0.847. The number of nitro groups is 1. The van der Waals surface area contributed by atoms with Crippen LogP contribution in [0.25, 0.3) is 0 Å². The van der Waals surface area contributed by atoms with Gasteiger partial charge in [0.25, 0.3) is 0 Å². The van der Waals surface area contributed by atoms with Gasteiger partial charge < -0.3 is 4.74 Å². The average Bonchev–Trinajstić information content (AvgIpc) is 2.87. The maximum absolute atomic E-state index is 11.1. The van der Waals surface area contributed by atoms with Crippen LogP contribution in [0.3, 0.4) is 0 Å². The molecule has 0 bridgehead atoms. The summed E-state index contributed by atoms with van der Waals surface area (Å²) in [4.78, 5) is 10.6. The Bertz CT molecular complexity index is 625. The van der Waals surface area contributed by atoms with E-state index in [1.807, 2.05) is 13.8 Å². The summed E-state index contributed by atoms with van der Waals surface area (Å²) in [5, 5.41) is 15.2. The summed E-state index contributed by atoms with van der Waals surface area (Å²) in [6.45, 7) is 3.96. The van der Waals surface area contributed by atoms with E-state index < -0.39 is 4.92 Å². The summed E-state index contributed by atoms with van der Waals surface area (Å²) < 4.78 is 7.25. The minimum absolute atomic E-state index is 0.111. The topological polar surface area (TPSA) is 70.2 Å². The van der Waals surface area contributed by atoms with Crippen molar-refractivity contribution in [1.82, 2.24) is 9.78 Å². The Morgan fingerprint density at radius 1 is 1.50 bits per heavy atom. The molecule has 1 heterocycles. The molecule has 0 fully saturated rings. The Morgan fingerprint density at radius 3 is 2.80 bits per heavy atom. The van der Waals surface area contributed by atoms with Gasteiger partial charge in [0.15, 0.2) is 5.75 Å². The fraction of sp³-hybridized carbons (Fsp3) is 0.308. The molecule has 0 unspecified atom stereocenters. The van der Waals surface area contributed by atoms with E-state index in [0.717, 1.165) is 0 Å². The van der Waals surface area contributed by atoms with Crippen molar-refractivity contribution in [1.29, 1.82) is 0 Å². The van der Waals surface area contributed by atoms with Crippen LogP contribution < -0.4 is 4.74 Å². The minimum Gasteiger partial charge on any atom is -0.447 e. The van der Waals surface area contributed by atoms with E-state index in [1.54, 1.807) is 23.0 Å². The van der Waals surface area contributed by atoms with Gasteiger partial charge >= 0.3 is 5.69 Å². The molecule has 1 aromatic heterocycles. The Hall–Kier alpha value is -2.08. The largest absolute Gasteiger partial charge is 0.447 e. The van der Waals surface area contributed by atoms with Crippen LogP contribution >= 0.6 is 11.6 Å². The zero-order valence-corrected chi connectivity index (χ0v) is 11.9. The zero-order valence-electron chi connectivity index (χ0n) is 11.1. The zero-order chi connectivity index (χ0) is 14.7. The van der Waals surface area contributed by atoms with Crippen LogP contribution in [0.5, 0.6) is 11.5 Å². The van der Waals surface area contributed by atoms with E-state index in [0.29, 0.717) is 11.3 Å². The van der Waals surface area contributed by atoms with Gasteiger partial charge in [0.1, 0.15) is 0 Å². The van der Waals surface area contributed by atoms with E-state index in [2.05, 4.69) is 5.10 Å². The predicted octanol–water partition coefficient (Wildman–Crippen LogP) is 3.90. The first-order chi connectivity index (χ1) is 9.51. The number of rotatable bonds is 5. The number of hydrogen-bond acceptors (Lipinski definition) is 4. The van der Waals surface area contributed by atoms with Gasteiger partial charge in [-0.25, -0.2) is 0 Å². The Balaban J connectivity index is 2.30. The summed E-state index contributed by atoms with van der Waals surface area (Å²) in [6.07, 6.45) is 3.23. The molecule has 20 heavy (non-hydrogen) atoms. The maximum Gasteiger partial charge on any atom is 0.311 e. The molecule has 0 aliphatic carbocycles. The minimum atomic E-state index is -0.488. The van der Waals surface area contributed by atoms with Gasteiger partial charge in [0.2, 0.25) is 5.75 Å². The molecule has 0 saturated carbocycles. The maximum atomic E-state index is 11.1. The third-order valence-corrected chi connectivity index (χ3v) is 3.02. The molecule has 6 nitrogen and oxygen atoms in total. The summed E-state index contributed by atoms with van der Waals surface area (Å²) in [7, 11) is 0. The predicted molar refractivity (Wildman–Crippen MR) is 75.3 cm³/mol. The van der Waals surface area contributed by atoms with Gasteiger partial charge in [-0.3, -0.25) is 14.8 Å². The molecular formula is C13H14ClN3O3. The molecule has 0 spiro atoms. The second kappa shape index (κ2) is 5.92. The van der Waals surface area contributed by atoms with Crippen LogP contribution in [-0.4, -0.2) is 14.7 Å². The van der Waals surface area contributed by atoms with Gasteiger partial charge in [-0.15, -0.1) is 11.6 Å².